The first-order valence-electron chi connectivity index (χ1n) is 7.35. The summed E-state index contributed by atoms with van der Waals surface area (Å²) >= 11 is 7.35. The number of hydrogen-bond donors (Lipinski definition) is 2. The summed E-state index contributed by atoms with van der Waals surface area (Å²) in [5.74, 6) is 0. The summed E-state index contributed by atoms with van der Waals surface area (Å²) in [6.07, 6.45) is -0.425. The fourth-order valence-electron chi connectivity index (χ4n) is 2.12. The number of carbonyl (C=O) groups excluding carboxylic acids is 1. The number of nitrogens with one attached hydrogen (secondary N) is 2. The summed E-state index contributed by atoms with van der Waals surface area (Å²) in [5.41, 5.74) is 2.94. The number of ether oxygens (including phenoxy) is 1. The molecule has 2 N–H and O–H groups in total. The van der Waals surface area contributed by atoms with Gasteiger partial charge < -0.3 is 0 Å². The summed E-state index contributed by atoms with van der Waals surface area (Å²) in [7, 11) is 0. The molecule has 0 saturated carbocycles. The first-order valence-corrected chi connectivity index (χ1v) is 8.94. The van der Waals surface area contributed by atoms with Gasteiger partial charge in [-0.2, -0.15) is 0 Å². The zero-order valence-electron chi connectivity index (χ0n) is 13.1. The molecule has 122 valence electrons. The number of amides is 1. The third-order valence-corrected chi connectivity index (χ3v) is 4.57. The number of hydrogen-bond acceptors (Lipinski definition) is 3. The molecule has 6 heteroatoms. The topological polar surface area (TPSA) is 50.4 Å². The van der Waals surface area contributed by atoms with Crippen LogP contribution in [0.25, 0.3) is 0 Å². The average Bonchev–Trinajstić information content (AvgIpc) is 2.51. The van der Waals surface area contributed by atoms with E-state index in [1.54, 1.807) is 6.92 Å². The zero-order chi connectivity index (χ0) is 16.8. The van der Waals surface area contributed by atoms with Crippen LogP contribution in [0.1, 0.15) is 25.5 Å². The van der Waals surface area contributed by atoms with Crippen LogP contribution in [0.5, 0.6) is 0 Å². The maximum atomic E-state index is 11.5. The number of carbonyl (C=O) groups is 1. The van der Waals surface area contributed by atoms with Gasteiger partial charge in [-0.05, 0) is 0 Å². The molecule has 2 atom stereocenters. The molecule has 0 aromatic heterocycles. The summed E-state index contributed by atoms with van der Waals surface area (Å²) in [5, 5.41) is 6.90. The van der Waals surface area contributed by atoms with Crippen molar-refractivity contribution in [2.75, 3.05) is 17.2 Å². The Morgan fingerprint density at radius 1 is 1.26 bits per heavy atom. The Labute approximate surface area is 150 Å². The molecule has 1 amide bonds. The van der Waals surface area contributed by atoms with Crippen molar-refractivity contribution in [3.05, 3.63) is 53.1 Å². The molecule has 2 rings (SSSR count). The van der Waals surface area contributed by atoms with Crippen molar-refractivity contribution in [1.82, 2.24) is 0 Å². The van der Waals surface area contributed by atoms with Gasteiger partial charge in [0.15, 0.2) is 0 Å². The van der Waals surface area contributed by atoms with Gasteiger partial charge in [-0.25, -0.2) is 0 Å². The second-order valence-corrected chi connectivity index (χ2v) is 6.81. The van der Waals surface area contributed by atoms with E-state index in [0.717, 1.165) is 26.3 Å². The third-order valence-electron chi connectivity index (χ3n) is 3.32. The minimum absolute atomic E-state index is 0.141. The summed E-state index contributed by atoms with van der Waals surface area (Å²) in [4.78, 5) is 11.5. The van der Waals surface area contributed by atoms with E-state index in [4.69, 9.17) is 16.3 Å². The summed E-state index contributed by atoms with van der Waals surface area (Å²) < 4.78 is 5.95. The van der Waals surface area contributed by atoms with Gasteiger partial charge in [-0.1, -0.05) is 0 Å². The van der Waals surface area contributed by atoms with Crippen molar-refractivity contribution < 1.29 is 9.53 Å². The van der Waals surface area contributed by atoms with Crippen LogP contribution in [0.4, 0.5) is 16.2 Å². The number of rotatable bonds is 5. The Morgan fingerprint density at radius 2 is 1.96 bits per heavy atom. The van der Waals surface area contributed by atoms with E-state index in [1.807, 2.05) is 36.4 Å². The summed E-state index contributed by atoms with van der Waals surface area (Å²) in [6.45, 7) is 4.23. The van der Waals surface area contributed by atoms with Gasteiger partial charge in [0.05, 0.1) is 0 Å². The quantitative estimate of drug-likeness (QED) is 0.765. The Morgan fingerprint density at radius 3 is 2.57 bits per heavy atom. The molecule has 2 aromatic rings. The minimum atomic E-state index is -0.425. The normalized spacial score (nSPS) is 11.7. The molecule has 23 heavy (non-hydrogen) atoms. The van der Waals surface area contributed by atoms with Crippen LogP contribution in [0.15, 0.2) is 42.5 Å². The van der Waals surface area contributed by atoms with E-state index in [-0.39, 0.29) is 6.04 Å². The molecule has 0 aliphatic heterocycles. The van der Waals surface area contributed by atoms with E-state index in [2.05, 4.69) is 23.6 Å². The SMILES string of the molecule is CCOC(=O)Nc1ccc(C(C)Nc2ccc(Cl)cc2)cc1[AsH2]. The molecule has 4 nitrogen and oxygen atoms in total. The molecule has 0 saturated heterocycles. The Hall–Kier alpha value is -1.64. The second-order valence-electron chi connectivity index (χ2n) is 5.07. The molecule has 2 unspecified atom stereocenters. The van der Waals surface area contributed by atoms with E-state index in [0.29, 0.717) is 6.61 Å². The van der Waals surface area contributed by atoms with Gasteiger partial charge >= 0.3 is 150 Å². The molecule has 0 aliphatic rings. The molecular weight excluding hydrogens is 375 g/mol. The third kappa shape index (κ3) is 5.19. The molecule has 0 radical (unpaired) electrons. The van der Waals surface area contributed by atoms with Crippen molar-refractivity contribution in [1.29, 1.82) is 0 Å². The van der Waals surface area contributed by atoms with Crippen molar-refractivity contribution in [2.45, 2.75) is 19.9 Å². The van der Waals surface area contributed by atoms with Crippen LogP contribution < -0.4 is 15.0 Å². The summed E-state index contributed by atoms with van der Waals surface area (Å²) in [6, 6.07) is 13.7. The number of anilines is 2. The first-order chi connectivity index (χ1) is 11.0. The van der Waals surface area contributed by atoms with Crippen molar-refractivity contribution in [2.24, 2.45) is 0 Å². The molecule has 0 heterocycles. The van der Waals surface area contributed by atoms with Gasteiger partial charge in [0.2, 0.25) is 0 Å². The molecule has 0 fully saturated rings. The van der Waals surface area contributed by atoms with Gasteiger partial charge in [-0.15, -0.1) is 0 Å². The van der Waals surface area contributed by atoms with Crippen LogP contribution in [0, 0.1) is 0 Å². The number of benzene rings is 2. The first kappa shape index (κ1) is 17.7. The molecule has 0 bridgehead atoms. The van der Waals surface area contributed by atoms with E-state index in [1.165, 1.54) is 16.9 Å². The van der Waals surface area contributed by atoms with Crippen molar-refractivity contribution >= 4 is 50.3 Å². The van der Waals surface area contributed by atoms with Crippen LogP contribution >= 0.6 is 11.6 Å². The Kier molecular flexibility index (Phi) is 6.37. The maximum absolute atomic E-state index is 11.5. The fraction of sp³-hybridized carbons (Fsp3) is 0.235. The monoisotopic (exact) mass is 394 g/mol. The predicted octanol–water partition coefficient (Wildman–Crippen LogP) is 3.34. The van der Waals surface area contributed by atoms with Crippen LogP contribution in [0.3, 0.4) is 0 Å². The van der Waals surface area contributed by atoms with Gasteiger partial charge in [0.1, 0.15) is 0 Å². The van der Waals surface area contributed by atoms with Crippen molar-refractivity contribution in [3.63, 3.8) is 0 Å². The van der Waals surface area contributed by atoms with Crippen molar-refractivity contribution in [3.8, 4) is 0 Å². The predicted molar refractivity (Wildman–Crippen MR) is 98.8 cm³/mol. The zero-order valence-corrected chi connectivity index (χ0v) is 16.3. The Balaban J connectivity index is 2.06. The van der Waals surface area contributed by atoms with E-state index < -0.39 is 6.09 Å². The fourth-order valence-corrected chi connectivity index (χ4v) is 3.00. The molecule has 0 spiro atoms. The van der Waals surface area contributed by atoms with Gasteiger partial charge in [-0.3, -0.25) is 0 Å². The molecule has 0 aliphatic carbocycles. The van der Waals surface area contributed by atoms with Crippen LogP contribution in [-0.2, 0) is 4.74 Å². The van der Waals surface area contributed by atoms with Gasteiger partial charge in [0.25, 0.3) is 0 Å². The van der Waals surface area contributed by atoms with Crippen LogP contribution in [-0.4, -0.2) is 29.6 Å². The van der Waals surface area contributed by atoms with E-state index >= 15 is 0 Å². The van der Waals surface area contributed by atoms with Gasteiger partial charge in [0, 0.05) is 0 Å². The number of halogens is 1. The van der Waals surface area contributed by atoms with E-state index in [9.17, 15) is 4.79 Å². The van der Waals surface area contributed by atoms with Crippen LogP contribution in [0.2, 0.25) is 5.02 Å². The second kappa shape index (κ2) is 8.28. The Bertz CT molecular complexity index is 677. The standard InChI is InChI=1S/C17H20AsClN2O2/c1-3-23-17(22)21-16-9-4-12(10-15(16)18)11(2)20-14-7-5-13(19)6-8-14/h4-11,20H,3,18H2,1-2H3,(H,21,22). The molecular formula is C17H20AsClN2O2. The average molecular weight is 395 g/mol. The molecule has 2 aromatic carbocycles.